The van der Waals surface area contributed by atoms with Crippen LogP contribution in [0, 0.1) is 12.7 Å². The minimum absolute atomic E-state index is 0.182. The van der Waals surface area contributed by atoms with E-state index in [-0.39, 0.29) is 5.82 Å². The van der Waals surface area contributed by atoms with Crippen molar-refractivity contribution in [2.24, 2.45) is 0 Å². The molecule has 0 atom stereocenters. The van der Waals surface area contributed by atoms with Crippen molar-refractivity contribution in [3.05, 3.63) is 51.5 Å². The molecule has 20 heavy (non-hydrogen) atoms. The first-order valence-electron chi connectivity index (χ1n) is 6.87. The van der Waals surface area contributed by atoms with Gasteiger partial charge in [-0.2, -0.15) is 0 Å². The van der Waals surface area contributed by atoms with Crippen LogP contribution in [-0.2, 0) is 13.1 Å². The summed E-state index contributed by atoms with van der Waals surface area (Å²) < 4.78 is 13.4. The molecule has 1 N–H and O–H groups in total. The molecule has 2 nitrogen and oxygen atoms in total. The van der Waals surface area contributed by atoms with Crippen LogP contribution in [0.2, 0.25) is 0 Å². The van der Waals surface area contributed by atoms with Gasteiger partial charge >= 0.3 is 0 Å². The summed E-state index contributed by atoms with van der Waals surface area (Å²) in [6.45, 7) is 6.84. The summed E-state index contributed by atoms with van der Waals surface area (Å²) in [5.74, 6) is -0.182. The second kappa shape index (κ2) is 6.86. The van der Waals surface area contributed by atoms with E-state index in [1.54, 1.807) is 12.1 Å². The fourth-order valence-corrected chi connectivity index (χ4v) is 3.34. The van der Waals surface area contributed by atoms with Gasteiger partial charge in [0.2, 0.25) is 0 Å². The smallest absolute Gasteiger partial charge is 0.125 e. The molecule has 0 aliphatic rings. The van der Waals surface area contributed by atoms with Gasteiger partial charge in [0, 0.05) is 35.1 Å². The molecule has 0 bridgehead atoms. The van der Waals surface area contributed by atoms with Gasteiger partial charge in [-0.3, -0.25) is 0 Å². The number of halogens is 1. The molecule has 1 aromatic carbocycles. The molecule has 1 aromatic heterocycles. The third kappa shape index (κ3) is 3.58. The van der Waals surface area contributed by atoms with Gasteiger partial charge < -0.3 is 10.2 Å². The van der Waals surface area contributed by atoms with Crippen molar-refractivity contribution in [2.45, 2.75) is 26.9 Å². The lowest BCUT2D eigenvalue weighted by Gasteiger charge is -2.23. The number of nitrogens with one attached hydrogen (secondary N) is 1. The van der Waals surface area contributed by atoms with Gasteiger partial charge in [0.15, 0.2) is 0 Å². The Morgan fingerprint density at radius 2 is 2.10 bits per heavy atom. The van der Waals surface area contributed by atoms with Crippen molar-refractivity contribution in [2.75, 3.05) is 18.5 Å². The van der Waals surface area contributed by atoms with Crippen LogP contribution in [-0.4, -0.2) is 13.6 Å². The van der Waals surface area contributed by atoms with Gasteiger partial charge in [-0.25, -0.2) is 4.39 Å². The highest BCUT2D eigenvalue weighted by atomic mass is 32.1. The van der Waals surface area contributed by atoms with Crippen LogP contribution in [0.4, 0.5) is 10.1 Å². The van der Waals surface area contributed by atoms with Crippen molar-refractivity contribution >= 4 is 17.0 Å². The summed E-state index contributed by atoms with van der Waals surface area (Å²) in [7, 11) is 1.96. The zero-order valence-electron chi connectivity index (χ0n) is 12.2. The summed E-state index contributed by atoms with van der Waals surface area (Å²) in [6, 6.07) is 9.05. The molecule has 2 rings (SSSR count). The third-order valence-corrected chi connectivity index (χ3v) is 4.43. The molecule has 108 valence electrons. The molecule has 0 spiro atoms. The lowest BCUT2D eigenvalue weighted by atomic mass is 10.2. The van der Waals surface area contributed by atoms with Crippen LogP contribution in [0.15, 0.2) is 30.3 Å². The number of thiophene rings is 1. The monoisotopic (exact) mass is 292 g/mol. The average molecular weight is 292 g/mol. The first-order valence-corrected chi connectivity index (χ1v) is 7.69. The first kappa shape index (κ1) is 15.0. The minimum atomic E-state index is -0.182. The Kier molecular flexibility index (Phi) is 5.15. The predicted octanol–water partition coefficient (Wildman–Crippen LogP) is 3.94. The molecule has 0 saturated carbocycles. The van der Waals surface area contributed by atoms with Gasteiger partial charge in [-0.15, -0.1) is 11.3 Å². The molecule has 0 aliphatic heterocycles. The molecule has 2 aromatic rings. The second-order valence-corrected chi connectivity index (χ2v) is 6.16. The van der Waals surface area contributed by atoms with E-state index in [1.807, 2.05) is 24.5 Å². The summed E-state index contributed by atoms with van der Waals surface area (Å²) in [5.41, 5.74) is 2.26. The lowest BCUT2D eigenvalue weighted by Crippen LogP contribution is -2.22. The first-order chi connectivity index (χ1) is 9.63. The Balaban J connectivity index is 2.18. The molecule has 0 fully saturated rings. The SMILES string of the molecule is CCN(Cc1cc(CNC)sc1C)c1cccc(F)c1. The number of hydrogen-bond donors (Lipinski definition) is 1. The fourth-order valence-electron chi connectivity index (χ4n) is 2.27. The van der Waals surface area contributed by atoms with E-state index in [2.05, 4.69) is 30.1 Å². The molecule has 1 heterocycles. The number of aryl methyl sites for hydroxylation is 1. The summed E-state index contributed by atoms with van der Waals surface area (Å²) in [6.07, 6.45) is 0. The maximum atomic E-state index is 13.4. The summed E-state index contributed by atoms with van der Waals surface area (Å²) in [5, 5.41) is 3.18. The highest BCUT2D eigenvalue weighted by Crippen LogP contribution is 2.25. The third-order valence-electron chi connectivity index (χ3n) is 3.34. The molecule has 0 unspecified atom stereocenters. The van der Waals surface area contributed by atoms with Crippen molar-refractivity contribution < 1.29 is 4.39 Å². The van der Waals surface area contributed by atoms with Gasteiger partial charge in [-0.1, -0.05) is 6.07 Å². The van der Waals surface area contributed by atoms with E-state index < -0.39 is 0 Å². The van der Waals surface area contributed by atoms with Gasteiger partial charge in [0.1, 0.15) is 5.82 Å². The maximum absolute atomic E-state index is 13.4. The van der Waals surface area contributed by atoms with Gasteiger partial charge in [0.05, 0.1) is 0 Å². The van der Waals surface area contributed by atoms with E-state index in [4.69, 9.17) is 0 Å². The number of anilines is 1. The fraction of sp³-hybridized carbons (Fsp3) is 0.375. The highest BCUT2D eigenvalue weighted by Gasteiger charge is 2.11. The standard InChI is InChI=1S/C16H21FN2S/c1-4-19(15-7-5-6-14(17)9-15)11-13-8-16(10-18-3)20-12(13)2/h5-9,18H,4,10-11H2,1-3H3. The van der Waals surface area contributed by atoms with E-state index in [0.717, 1.165) is 25.3 Å². The normalized spacial score (nSPS) is 10.8. The molecule has 0 saturated heterocycles. The zero-order valence-corrected chi connectivity index (χ0v) is 13.1. The maximum Gasteiger partial charge on any atom is 0.125 e. The quantitative estimate of drug-likeness (QED) is 0.867. The van der Waals surface area contributed by atoms with Crippen LogP contribution in [0.1, 0.15) is 22.2 Å². The predicted molar refractivity (Wildman–Crippen MR) is 84.9 cm³/mol. The Bertz CT molecular complexity index is 565. The Hall–Kier alpha value is -1.39. The van der Waals surface area contributed by atoms with Crippen LogP contribution in [0.3, 0.4) is 0 Å². The number of rotatable bonds is 6. The topological polar surface area (TPSA) is 15.3 Å². The summed E-state index contributed by atoms with van der Waals surface area (Å²) in [4.78, 5) is 4.88. The Labute approximate surface area is 124 Å². The zero-order chi connectivity index (χ0) is 14.5. The van der Waals surface area contributed by atoms with Gasteiger partial charge in [0.25, 0.3) is 0 Å². The van der Waals surface area contributed by atoms with Crippen LogP contribution in [0.5, 0.6) is 0 Å². The van der Waals surface area contributed by atoms with Crippen molar-refractivity contribution in [1.82, 2.24) is 5.32 Å². The second-order valence-electron chi connectivity index (χ2n) is 4.82. The lowest BCUT2D eigenvalue weighted by molar-refractivity contribution is 0.626. The molecule has 0 aliphatic carbocycles. The summed E-state index contributed by atoms with van der Waals surface area (Å²) >= 11 is 1.83. The van der Waals surface area contributed by atoms with Crippen molar-refractivity contribution in [1.29, 1.82) is 0 Å². The molecule has 4 heteroatoms. The average Bonchev–Trinajstić information content (AvgIpc) is 2.76. The van der Waals surface area contributed by atoms with Crippen molar-refractivity contribution in [3.63, 3.8) is 0 Å². The number of nitrogens with zero attached hydrogens (tertiary/aromatic N) is 1. The van der Waals surface area contributed by atoms with E-state index >= 15 is 0 Å². The van der Waals surface area contributed by atoms with Crippen LogP contribution >= 0.6 is 11.3 Å². The molecule has 0 radical (unpaired) electrons. The van der Waals surface area contributed by atoms with E-state index in [1.165, 1.54) is 21.4 Å². The van der Waals surface area contributed by atoms with Crippen LogP contribution < -0.4 is 10.2 Å². The molecule has 0 amide bonds. The van der Waals surface area contributed by atoms with E-state index in [0.29, 0.717) is 0 Å². The van der Waals surface area contributed by atoms with E-state index in [9.17, 15) is 4.39 Å². The van der Waals surface area contributed by atoms with Gasteiger partial charge in [-0.05, 0) is 50.7 Å². The number of hydrogen-bond acceptors (Lipinski definition) is 3. The van der Waals surface area contributed by atoms with Crippen LogP contribution in [0.25, 0.3) is 0 Å². The molecular formula is C16H21FN2S. The Morgan fingerprint density at radius 3 is 2.75 bits per heavy atom. The highest BCUT2D eigenvalue weighted by molar-refractivity contribution is 7.12. The number of benzene rings is 1. The Morgan fingerprint density at radius 1 is 1.30 bits per heavy atom. The molecular weight excluding hydrogens is 271 g/mol. The largest absolute Gasteiger partial charge is 0.367 e. The minimum Gasteiger partial charge on any atom is -0.367 e. The van der Waals surface area contributed by atoms with Crippen molar-refractivity contribution in [3.8, 4) is 0 Å².